The first-order valence-corrected chi connectivity index (χ1v) is 7.11. The molecule has 0 spiro atoms. The summed E-state index contributed by atoms with van der Waals surface area (Å²) in [6.07, 6.45) is 5.58. The Morgan fingerprint density at radius 3 is 2.65 bits per heavy atom. The standard InChI is InChI=1S/C14H21N3O2.ClH/c1-16-5-2-10(3-6-16)13-15-9-12-8-11(14(18)19)4-7-17(12)13;/h9-11H,2-8H2,1H3,(H,18,19);1H. The predicted molar refractivity (Wildman–Crippen MR) is 78.4 cm³/mol. The molecule has 5 nitrogen and oxygen atoms in total. The van der Waals surface area contributed by atoms with E-state index in [1.165, 1.54) is 5.82 Å². The summed E-state index contributed by atoms with van der Waals surface area (Å²) in [6, 6.07) is 0. The third kappa shape index (κ3) is 2.83. The Kier molecular flexibility index (Phi) is 4.70. The van der Waals surface area contributed by atoms with E-state index >= 15 is 0 Å². The van der Waals surface area contributed by atoms with Crippen LogP contribution < -0.4 is 0 Å². The maximum Gasteiger partial charge on any atom is 0.306 e. The third-order valence-corrected chi connectivity index (χ3v) is 4.56. The van der Waals surface area contributed by atoms with Crippen molar-refractivity contribution < 1.29 is 9.90 Å². The molecule has 0 aliphatic carbocycles. The smallest absolute Gasteiger partial charge is 0.306 e. The number of fused-ring (bicyclic) bond motifs is 1. The summed E-state index contributed by atoms with van der Waals surface area (Å²) in [5, 5.41) is 9.11. The van der Waals surface area contributed by atoms with Gasteiger partial charge in [-0.05, 0) is 39.4 Å². The van der Waals surface area contributed by atoms with Gasteiger partial charge in [0.2, 0.25) is 0 Å². The minimum Gasteiger partial charge on any atom is -0.481 e. The van der Waals surface area contributed by atoms with Crippen LogP contribution in [-0.2, 0) is 17.8 Å². The molecule has 0 amide bonds. The van der Waals surface area contributed by atoms with E-state index < -0.39 is 5.97 Å². The molecule has 1 N–H and O–H groups in total. The number of carboxylic acid groups (broad SMARTS) is 1. The molecule has 0 bridgehead atoms. The monoisotopic (exact) mass is 299 g/mol. The van der Waals surface area contributed by atoms with E-state index in [2.05, 4.69) is 21.5 Å². The molecule has 1 aromatic heterocycles. The van der Waals surface area contributed by atoms with Crippen LogP contribution in [0.3, 0.4) is 0 Å². The summed E-state index contributed by atoms with van der Waals surface area (Å²) in [5.74, 6) is 0.834. The molecule has 3 rings (SSSR count). The Hall–Kier alpha value is -1.07. The fraction of sp³-hybridized carbons (Fsp3) is 0.714. The van der Waals surface area contributed by atoms with Gasteiger partial charge in [0.05, 0.1) is 5.92 Å². The van der Waals surface area contributed by atoms with Gasteiger partial charge in [0, 0.05) is 30.8 Å². The lowest BCUT2D eigenvalue weighted by Gasteiger charge is -2.30. The molecule has 1 unspecified atom stereocenters. The Bertz CT molecular complexity index is 481. The van der Waals surface area contributed by atoms with E-state index in [4.69, 9.17) is 5.11 Å². The lowest BCUT2D eigenvalue weighted by atomic mass is 9.94. The Morgan fingerprint density at radius 2 is 2.00 bits per heavy atom. The molecule has 0 radical (unpaired) electrons. The lowest BCUT2D eigenvalue weighted by Crippen LogP contribution is -2.31. The van der Waals surface area contributed by atoms with E-state index in [1.54, 1.807) is 0 Å². The molecule has 20 heavy (non-hydrogen) atoms. The van der Waals surface area contributed by atoms with E-state index in [0.717, 1.165) is 44.6 Å². The molecule has 1 saturated heterocycles. The summed E-state index contributed by atoms with van der Waals surface area (Å²) in [5.41, 5.74) is 1.10. The fourth-order valence-electron chi connectivity index (χ4n) is 3.29. The Morgan fingerprint density at radius 1 is 1.30 bits per heavy atom. The number of piperidine rings is 1. The SMILES string of the molecule is CN1CCC(c2ncc3n2CCC(C(=O)O)C3)CC1.Cl. The van der Waals surface area contributed by atoms with Crippen molar-refractivity contribution in [1.82, 2.24) is 14.5 Å². The minimum atomic E-state index is -0.673. The van der Waals surface area contributed by atoms with Gasteiger partial charge in [-0.15, -0.1) is 12.4 Å². The number of carbonyl (C=O) groups is 1. The first-order chi connectivity index (χ1) is 9.15. The van der Waals surface area contributed by atoms with Gasteiger partial charge in [0.25, 0.3) is 0 Å². The van der Waals surface area contributed by atoms with Gasteiger partial charge in [0.15, 0.2) is 0 Å². The van der Waals surface area contributed by atoms with E-state index in [0.29, 0.717) is 12.3 Å². The van der Waals surface area contributed by atoms with Gasteiger partial charge >= 0.3 is 5.97 Å². The van der Waals surface area contributed by atoms with Crippen LogP contribution in [0.4, 0.5) is 0 Å². The molecule has 3 heterocycles. The van der Waals surface area contributed by atoms with Crippen molar-refractivity contribution >= 4 is 18.4 Å². The highest BCUT2D eigenvalue weighted by Gasteiger charge is 2.29. The quantitative estimate of drug-likeness (QED) is 0.904. The molecule has 2 aliphatic heterocycles. The van der Waals surface area contributed by atoms with Gasteiger partial charge in [-0.1, -0.05) is 0 Å². The number of halogens is 1. The summed E-state index contributed by atoms with van der Waals surface area (Å²) in [7, 11) is 2.16. The lowest BCUT2D eigenvalue weighted by molar-refractivity contribution is -0.142. The summed E-state index contributed by atoms with van der Waals surface area (Å²) in [4.78, 5) is 18.0. The van der Waals surface area contributed by atoms with Gasteiger partial charge < -0.3 is 14.6 Å². The van der Waals surface area contributed by atoms with Gasteiger partial charge in [0.1, 0.15) is 5.82 Å². The zero-order valence-corrected chi connectivity index (χ0v) is 12.6. The average Bonchev–Trinajstić information content (AvgIpc) is 2.82. The van der Waals surface area contributed by atoms with Crippen LogP contribution in [0.5, 0.6) is 0 Å². The Labute approximate surface area is 125 Å². The summed E-state index contributed by atoms with van der Waals surface area (Å²) >= 11 is 0. The molecule has 1 atom stereocenters. The Balaban J connectivity index is 0.00000147. The predicted octanol–water partition coefficient (Wildman–Crippen LogP) is 1.76. The van der Waals surface area contributed by atoms with Crippen LogP contribution in [0.15, 0.2) is 6.20 Å². The number of aliphatic carboxylic acids is 1. The number of carboxylic acids is 1. The number of aromatic nitrogens is 2. The first-order valence-electron chi connectivity index (χ1n) is 7.11. The van der Waals surface area contributed by atoms with Gasteiger partial charge in [-0.3, -0.25) is 4.79 Å². The van der Waals surface area contributed by atoms with Crippen molar-refractivity contribution in [3.8, 4) is 0 Å². The van der Waals surface area contributed by atoms with Crippen LogP contribution in [0.25, 0.3) is 0 Å². The highest BCUT2D eigenvalue weighted by molar-refractivity contribution is 5.85. The highest BCUT2D eigenvalue weighted by Crippen LogP contribution is 2.30. The second-order valence-corrected chi connectivity index (χ2v) is 5.86. The minimum absolute atomic E-state index is 0. The zero-order valence-electron chi connectivity index (χ0n) is 11.8. The average molecular weight is 300 g/mol. The van der Waals surface area contributed by atoms with Crippen LogP contribution >= 0.6 is 12.4 Å². The van der Waals surface area contributed by atoms with Crippen LogP contribution in [0, 0.1) is 5.92 Å². The molecule has 1 fully saturated rings. The number of hydrogen-bond donors (Lipinski definition) is 1. The zero-order chi connectivity index (χ0) is 13.4. The van der Waals surface area contributed by atoms with Gasteiger partial charge in [-0.2, -0.15) is 0 Å². The molecule has 112 valence electrons. The summed E-state index contributed by atoms with van der Waals surface area (Å²) < 4.78 is 2.27. The van der Waals surface area contributed by atoms with E-state index in [9.17, 15) is 4.79 Å². The van der Waals surface area contributed by atoms with Crippen molar-refractivity contribution in [2.45, 2.75) is 38.1 Å². The number of rotatable bonds is 2. The molecule has 6 heteroatoms. The normalized spacial score (nSPS) is 23.9. The topological polar surface area (TPSA) is 58.4 Å². The van der Waals surface area contributed by atoms with Crippen molar-refractivity contribution in [3.05, 3.63) is 17.7 Å². The van der Waals surface area contributed by atoms with Crippen molar-refractivity contribution in [1.29, 1.82) is 0 Å². The van der Waals surface area contributed by atoms with Crippen molar-refractivity contribution in [2.24, 2.45) is 5.92 Å². The van der Waals surface area contributed by atoms with E-state index in [1.807, 2.05) is 6.20 Å². The number of likely N-dealkylation sites (tertiary alicyclic amines) is 1. The summed E-state index contributed by atoms with van der Waals surface area (Å²) in [6.45, 7) is 3.07. The molecule has 0 aromatic carbocycles. The molecular weight excluding hydrogens is 278 g/mol. The van der Waals surface area contributed by atoms with Crippen LogP contribution in [0.2, 0.25) is 0 Å². The van der Waals surface area contributed by atoms with E-state index in [-0.39, 0.29) is 18.3 Å². The number of hydrogen-bond acceptors (Lipinski definition) is 3. The molecule has 1 aromatic rings. The largest absolute Gasteiger partial charge is 0.481 e. The second kappa shape index (κ2) is 6.14. The van der Waals surface area contributed by atoms with Crippen LogP contribution in [0.1, 0.15) is 36.7 Å². The van der Waals surface area contributed by atoms with Crippen LogP contribution in [-0.4, -0.2) is 45.7 Å². The molecule has 0 saturated carbocycles. The van der Waals surface area contributed by atoms with Crippen molar-refractivity contribution in [3.63, 3.8) is 0 Å². The second-order valence-electron chi connectivity index (χ2n) is 5.86. The third-order valence-electron chi connectivity index (χ3n) is 4.56. The molecular formula is C14H22ClN3O2. The fourth-order valence-corrected chi connectivity index (χ4v) is 3.29. The maximum atomic E-state index is 11.1. The number of imidazole rings is 1. The van der Waals surface area contributed by atoms with Crippen molar-refractivity contribution in [2.75, 3.05) is 20.1 Å². The van der Waals surface area contributed by atoms with Gasteiger partial charge in [-0.25, -0.2) is 4.98 Å². The maximum absolute atomic E-state index is 11.1. The number of nitrogens with zero attached hydrogens (tertiary/aromatic N) is 3. The first kappa shape index (κ1) is 15.3. The highest BCUT2D eigenvalue weighted by atomic mass is 35.5. The molecule has 2 aliphatic rings.